The highest BCUT2D eigenvalue weighted by Gasteiger charge is 2.46. The second-order valence-electron chi connectivity index (χ2n) is 5.12. The van der Waals surface area contributed by atoms with E-state index in [9.17, 15) is 9.90 Å². The van der Waals surface area contributed by atoms with Gasteiger partial charge in [0.25, 0.3) is 5.91 Å². The lowest BCUT2D eigenvalue weighted by atomic mass is 9.82. The van der Waals surface area contributed by atoms with Crippen molar-refractivity contribution in [3.63, 3.8) is 0 Å². The molecule has 1 saturated heterocycles. The van der Waals surface area contributed by atoms with E-state index in [0.29, 0.717) is 17.9 Å². The predicted octanol–water partition coefficient (Wildman–Crippen LogP) is 1.64. The van der Waals surface area contributed by atoms with Gasteiger partial charge in [-0.2, -0.15) is 0 Å². The number of para-hydroxylation sites is 1. The van der Waals surface area contributed by atoms with E-state index < -0.39 is 5.60 Å². The molecule has 2 N–H and O–H groups in total. The van der Waals surface area contributed by atoms with Gasteiger partial charge in [-0.1, -0.05) is 18.2 Å². The smallest absolute Gasteiger partial charge is 0.261 e. The van der Waals surface area contributed by atoms with Crippen LogP contribution in [0.5, 0.6) is 0 Å². The molecule has 1 unspecified atom stereocenters. The highest BCUT2D eigenvalue weighted by Crippen LogP contribution is 2.41. The summed E-state index contributed by atoms with van der Waals surface area (Å²) in [5.41, 5.74) is 0.0806. The number of fused-ring (bicyclic) bond motifs is 1. The van der Waals surface area contributed by atoms with Gasteiger partial charge in [0, 0.05) is 24.5 Å². The molecule has 1 aromatic rings. The summed E-state index contributed by atoms with van der Waals surface area (Å²) in [4.78, 5) is 12.0. The first kappa shape index (κ1) is 11.7. The molecule has 1 aromatic carbocycles. The van der Waals surface area contributed by atoms with Crippen molar-refractivity contribution < 1.29 is 14.6 Å². The van der Waals surface area contributed by atoms with Crippen molar-refractivity contribution in [3.8, 4) is 0 Å². The molecule has 1 fully saturated rings. The lowest BCUT2D eigenvalue weighted by molar-refractivity contribution is -0.136. The molecular weight excluding hydrogens is 230 g/mol. The summed E-state index contributed by atoms with van der Waals surface area (Å²) in [6, 6.07) is 7.37. The Kier molecular flexibility index (Phi) is 2.84. The van der Waals surface area contributed by atoms with Crippen LogP contribution in [0.15, 0.2) is 24.3 Å². The van der Waals surface area contributed by atoms with E-state index in [1.807, 2.05) is 24.3 Å². The zero-order valence-electron chi connectivity index (χ0n) is 10.2. The van der Waals surface area contributed by atoms with Crippen molar-refractivity contribution in [2.45, 2.75) is 24.9 Å². The molecule has 2 aliphatic rings. The van der Waals surface area contributed by atoms with Gasteiger partial charge in [-0.25, -0.2) is 0 Å². The van der Waals surface area contributed by atoms with Gasteiger partial charge in [0.2, 0.25) is 0 Å². The van der Waals surface area contributed by atoms with Gasteiger partial charge in [0.05, 0.1) is 0 Å². The third-order valence-electron chi connectivity index (χ3n) is 3.92. The fourth-order valence-corrected chi connectivity index (χ4v) is 2.87. The molecule has 1 atom stereocenters. The van der Waals surface area contributed by atoms with E-state index in [1.54, 1.807) is 0 Å². The normalized spacial score (nSPS) is 27.9. The lowest BCUT2D eigenvalue weighted by Gasteiger charge is -2.29. The number of ether oxygens (including phenoxy) is 1. The van der Waals surface area contributed by atoms with Crippen LogP contribution in [-0.4, -0.2) is 24.2 Å². The quantitative estimate of drug-likeness (QED) is 0.835. The number of benzene rings is 1. The Labute approximate surface area is 106 Å². The molecule has 96 valence electrons. The first-order chi connectivity index (χ1) is 8.70. The highest BCUT2D eigenvalue weighted by atomic mass is 16.5. The van der Waals surface area contributed by atoms with Gasteiger partial charge >= 0.3 is 0 Å². The van der Waals surface area contributed by atoms with Crippen molar-refractivity contribution in [1.82, 2.24) is 0 Å². The summed E-state index contributed by atoms with van der Waals surface area (Å²) in [5.74, 6) is 0.0517. The Hall–Kier alpha value is -1.39. The molecule has 18 heavy (non-hydrogen) atoms. The Morgan fingerprint density at radius 3 is 2.83 bits per heavy atom. The van der Waals surface area contributed by atoms with E-state index in [2.05, 4.69) is 5.32 Å². The fourth-order valence-electron chi connectivity index (χ4n) is 2.87. The minimum Gasteiger partial charge on any atom is -0.381 e. The maximum atomic E-state index is 12.0. The number of hydrogen-bond donors (Lipinski definition) is 2. The van der Waals surface area contributed by atoms with Crippen LogP contribution in [0.1, 0.15) is 24.8 Å². The van der Waals surface area contributed by atoms with Crippen LogP contribution in [0, 0.1) is 5.92 Å². The highest BCUT2D eigenvalue weighted by molar-refractivity contribution is 6.04. The van der Waals surface area contributed by atoms with Crippen molar-refractivity contribution in [2.24, 2.45) is 5.92 Å². The lowest BCUT2D eigenvalue weighted by Crippen LogP contribution is -2.37. The molecule has 0 saturated carbocycles. The van der Waals surface area contributed by atoms with Crippen LogP contribution in [-0.2, 0) is 15.1 Å². The first-order valence-electron chi connectivity index (χ1n) is 6.41. The molecule has 4 nitrogen and oxygen atoms in total. The zero-order valence-corrected chi connectivity index (χ0v) is 10.2. The molecule has 0 aromatic heterocycles. The number of carbonyl (C=O) groups excluding carboxylic acids is 1. The molecule has 0 aliphatic carbocycles. The molecule has 2 aliphatic heterocycles. The van der Waals surface area contributed by atoms with Gasteiger partial charge < -0.3 is 15.2 Å². The van der Waals surface area contributed by atoms with Crippen molar-refractivity contribution in [1.29, 1.82) is 0 Å². The number of rotatable bonds is 2. The second-order valence-corrected chi connectivity index (χ2v) is 5.12. The molecule has 0 radical (unpaired) electrons. The maximum absolute atomic E-state index is 12.0. The molecule has 0 bridgehead atoms. The maximum Gasteiger partial charge on any atom is 0.261 e. The Morgan fingerprint density at radius 1 is 1.33 bits per heavy atom. The van der Waals surface area contributed by atoms with Gasteiger partial charge in [0.15, 0.2) is 5.60 Å². The standard InChI is InChI=1S/C14H17NO3/c16-13-14(17,9-10-5-7-18-8-6-10)11-3-1-2-4-12(11)15-13/h1-4,10,17H,5-9H2,(H,15,16). The Balaban J connectivity index is 1.86. The summed E-state index contributed by atoms with van der Waals surface area (Å²) < 4.78 is 5.31. The average molecular weight is 247 g/mol. The van der Waals surface area contributed by atoms with E-state index >= 15 is 0 Å². The molecule has 3 rings (SSSR count). The van der Waals surface area contributed by atoms with Crippen LogP contribution in [0.4, 0.5) is 5.69 Å². The van der Waals surface area contributed by atoms with E-state index in [1.165, 1.54) is 0 Å². The zero-order chi connectivity index (χ0) is 12.6. The van der Waals surface area contributed by atoms with Crippen molar-refractivity contribution >= 4 is 11.6 Å². The molecule has 4 heteroatoms. The van der Waals surface area contributed by atoms with Gasteiger partial charge in [-0.3, -0.25) is 4.79 Å². The van der Waals surface area contributed by atoms with Crippen LogP contribution >= 0.6 is 0 Å². The third kappa shape index (κ3) is 1.82. The monoisotopic (exact) mass is 247 g/mol. The van der Waals surface area contributed by atoms with Gasteiger partial charge in [-0.15, -0.1) is 0 Å². The predicted molar refractivity (Wildman–Crippen MR) is 67.1 cm³/mol. The fraction of sp³-hybridized carbons (Fsp3) is 0.500. The second kappa shape index (κ2) is 4.37. The van der Waals surface area contributed by atoms with Crippen LogP contribution in [0.3, 0.4) is 0 Å². The summed E-state index contributed by atoms with van der Waals surface area (Å²) in [6.45, 7) is 1.45. The summed E-state index contributed by atoms with van der Waals surface area (Å²) >= 11 is 0. The van der Waals surface area contributed by atoms with Gasteiger partial charge in [0.1, 0.15) is 0 Å². The third-order valence-corrected chi connectivity index (χ3v) is 3.92. The van der Waals surface area contributed by atoms with E-state index in [4.69, 9.17) is 4.74 Å². The number of hydrogen-bond acceptors (Lipinski definition) is 3. The molecular formula is C14H17NO3. The summed E-state index contributed by atoms with van der Waals surface area (Å²) in [7, 11) is 0. The van der Waals surface area contributed by atoms with Crippen molar-refractivity contribution in [2.75, 3.05) is 18.5 Å². The molecule has 2 heterocycles. The number of amides is 1. The van der Waals surface area contributed by atoms with E-state index in [0.717, 1.165) is 31.7 Å². The number of nitrogens with one attached hydrogen (secondary N) is 1. The topological polar surface area (TPSA) is 58.6 Å². The first-order valence-corrected chi connectivity index (χ1v) is 6.41. The number of aliphatic hydroxyl groups is 1. The Morgan fingerprint density at radius 2 is 2.06 bits per heavy atom. The van der Waals surface area contributed by atoms with Crippen LogP contribution in [0.25, 0.3) is 0 Å². The summed E-state index contributed by atoms with van der Waals surface area (Å²) in [5, 5.41) is 13.5. The SMILES string of the molecule is O=C1Nc2ccccc2C1(O)CC1CCOCC1. The molecule has 0 spiro atoms. The number of anilines is 1. The summed E-state index contributed by atoms with van der Waals surface area (Å²) in [6.07, 6.45) is 2.31. The Bertz CT molecular complexity index is 468. The van der Waals surface area contributed by atoms with Crippen LogP contribution < -0.4 is 5.32 Å². The average Bonchev–Trinajstić information content (AvgIpc) is 2.63. The minimum absolute atomic E-state index is 0.296. The number of carbonyl (C=O) groups is 1. The largest absolute Gasteiger partial charge is 0.381 e. The minimum atomic E-state index is -1.36. The van der Waals surface area contributed by atoms with Gasteiger partial charge in [-0.05, 0) is 31.2 Å². The molecule has 1 amide bonds. The van der Waals surface area contributed by atoms with Crippen molar-refractivity contribution in [3.05, 3.63) is 29.8 Å². The van der Waals surface area contributed by atoms with Crippen LogP contribution in [0.2, 0.25) is 0 Å². The van der Waals surface area contributed by atoms with E-state index in [-0.39, 0.29) is 5.91 Å².